The van der Waals surface area contributed by atoms with Gasteiger partial charge in [-0.3, -0.25) is 14.4 Å². The maximum Gasteiger partial charge on any atom is 0.335 e. The SMILES string of the molecule is CC(=O)ONC(=O)CCC(Cc1cccc(C(=O)O)c1)C(=O)OC(C)(C)C.c1ccccc1. The number of amides is 1. The molecule has 1 atom stereocenters. The average molecular weight is 458 g/mol. The second-order valence-electron chi connectivity index (χ2n) is 8.25. The van der Waals surface area contributed by atoms with Crippen molar-refractivity contribution in [2.45, 2.75) is 52.6 Å². The number of hydroxylamine groups is 1. The summed E-state index contributed by atoms with van der Waals surface area (Å²) in [6.45, 7) is 6.36. The zero-order valence-electron chi connectivity index (χ0n) is 19.4. The first-order valence-corrected chi connectivity index (χ1v) is 10.5. The third-order valence-electron chi connectivity index (χ3n) is 4.09. The maximum atomic E-state index is 12.5. The molecule has 0 aromatic heterocycles. The summed E-state index contributed by atoms with van der Waals surface area (Å²) in [5.41, 5.74) is 2.06. The van der Waals surface area contributed by atoms with Crippen molar-refractivity contribution in [1.29, 1.82) is 0 Å². The Hall–Kier alpha value is -3.68. The van der Waals surface area contributed by atoms with E-state index in [0.717, 1.165) is 6.92 Å². The molecule has 0 aliphatic rings. The molecule has 2 N–H and O–H groups in total. The van der Waals surface area contributed by atoms with Crippen molar-refractivity contribution < 1.29 is 33.9 Å². The highest BCUT2D eigenvalue weighted by Crippen LogP contribution is 2.20. The lowest BCUT2D eigenvalue weighted by Gasteiger charge is -2.24. The van der Waals surface area contributed by atoms with Crippen molar-refractivity contribution in [3.05, 3.63) is 71.8 Å². The summed E-state index contributed by atoms with van der Waals surface area (Å²) in [4.78, 5) is 50.5. The molecule has 2 aromatic carbocycles. The minimum absolute atomic E-state index is 0.0597. The fraction of sp³-hybridized carbons (Fsp3) is 0.360. The van der Waals surface area contributed by atoms with E-state index < -0.39 is 35.3 Å². The van der Waals surface area contributed by atoms with E-state index in [1.165, 1.54) is 12.1 Å². The highest BCUT2D eigenvalue weighted by atomic mass is 16.7. The number of hydrogen-bond acceptors (Lipinski definition) is 6. The van der Waals surface area contributed by atoms with Gasteiger partial charge in [0.05, 0.1) is 11.5 Å². The number of nitrogens with one attached hydrogen (secondary N) is 1. The molecule has 0 aliphatic carbocycles. The molecule has 0 bridgehead atoms. The molecule has 178 valence electrons. The number of carboxylic acid groups (broad SMARTS) is 1. The van der Waals surface area contributed by atoms with Crippen LogP contribution in [0, 0.1) is 5.92 Å². The van der Waals surface area contributed by atoms with Crippen LogP contribution < -0.4 is 5.48 Å². The van der Waals surface area contributed by atoms with Gasteiger partial charge in [-0.1, -0.05) is 48.5 Å². The van der Waals surface area contributed by atoms with Crippen LogP contribution in [0.4, 0.5) is 0 Å². The Morgan fingerprint density at radius 2 is 1.55 bits per heavy atom. The van der Waals surface area contributed by atoms with Gasteiger partial charge < -0.3 is 14.7 Å². The standard InChI is InChI=1S/C19H25NO7.C6H6/c1-12(21)27-20-16(22)9-8-15(18(25)26-19(2,3)4)11-13-6-5-7-14(10-13)17(23)24;1-2-4-6-5-3-1/h5-7,10,15H,8-9,11H2,1-4H3,(H,20,22)(H,23,24);1-6H. The zero-order chi connectivity index (χ0) is 24.9. The fourth-order valence-electron chi connectivity index (χ4n) is 2.67. The molecule has 1 amide bonds. The molecule has 33 heavy (non-hydrogen) atoms. The first-order chi connectivity index (χ1) is 15.5. The number of carboxylic acids is 1. The number of esters is 1. The largest absolute Gasteiger partial charge is 0.478 e. The van der Waals surface area contributed by atoms with Crippen LogP contribution in [-0.4, -0.2) is 34.5 Å². The molecule has 0 heterocycles. The van der Waals surface area contributed by atoms with Gasteiger partial charge in [0.2, 0.25) is 0 Å². The van der Waals surface area contributed by atoms with E-state index in [9.17, 15) is 19.2 Å². The van der Waals surface area contributed by atoms with Gasteiger partial charge in [-0.15, -0.1) is 0 Å². The monoisotopic (exact) mass is 457 g/mol. The summed E-state index contributed by atoms with van der Waals surface area (Å²) >= 11 is 0. The predicted octanol–water partition coefficient (Wildman–Crippen LogP) is 3.95. The van der Waals surface area contributed by atoms with Gasteiger partial charge >= 0.3 is 17.9 Å². The highest BCUT2D eigenvalue weighted by molar-refractivity contribution is 5.87. The molecule has 8 nitrogen and oxygen atoms in total. The highest BCUT2D eigenvalue weighted by Gasteiger charge is 2.26. The zero-order valence-corrected chi connectivity index (χ0v) is 19.4. The smallest absolute Gasteiger partial charge is 0.335 e. The molecule has 2 aromatic rings. The van der Waals surface area contributed by atoms with Crippen LogP contribution >= 0.6 is 0 Å². The quantitative estimate of drug-likeness (QED) is 0.477. The van der Waals surface area contributed by atoms with Crippen LogP contribution in [0.2, 0.25) is 0 Å². The van der Waals surface area contributed by atoms with E-state index in [-0.39, 0.29) is 24.8 Å². The van der Waals surface area contributed by atoms with Crippen LogP contribution in [-0.2, 0) is 30.4 Å². The van der Waals surface area contributed by atoms with Gasteiger partial charge in [0.25, 0.3) is 5.91 Å². The topological polar surface area (TPSA) is 119 Å². The Morgan fingerprint density at radius 1 is 0.970 bits per heavy atom. The second kappa shape index (κ2) is 13.7. The molecule has 2 rings (SSSR count). The third kappa shape index (κ3) is 12.7. The number of aromatic carboxylic acids is 1. The summed E-state index contributed by atoms with van der Waals surface area (Å²) in [7, 11) is 0. The van der Waals surface area contributed by atoms with Gasteiger partial charge in [-0.25, -0.2) is 4.79 Å². The van der Waals surface area contributed by atoms with Gasteiger partial charge in [-0.2, -0.15) is 5.48 Å². The second-order valence-corrected chi connectivity index (χ2v) is 8.25. The van der Waals surface area contributed by atoms with Crippen LogP contribution in [0.15, 0.2) is 60.7 Å². The van der Waals surface area contributed by atoms with Gasteiger partial charge in [0.1, 0.15) is 5.60 Å². The van der Waals surface area contributed by atoms with Crippen LogP contribution in [0.5, 0.6) is 0 Å². The minimum atomic E-state index is -1.06. The number of carbonyl (C=O) groups excluding carboxylic acids is 3. The lowest BCUT2D eigenvalue weighted by Crippen LogP contribution is -2.31. The normalized spacial score (nSPS) is 11.3. The molecule has 0 radical (unpaired) electrons. The van der Waals surface area contributed by atoms with Crippen molar-refractivity contribution >= 4 is 23.8 Å². The van der Waals surface area contributed by atoms with Crippen LogP contribution in [0.1, 0.15) is 56.5 Å². The Kier molecular flexibility index (Phi) is 11.3. The molecule has 0 saturated carbocycles. The van der Waals surface area contributed by atoms with E-state index in [2.05, 4.69) is 4.84 Å². The Labute approximate surface area is 193 Å². The van der Waals surface area contributed by atoms with E-state index in [1.54, 1.807) is 32.9 Å². The molecule has 1 unspecified atom stereocenters. The maximum absolute atomic E-state index is 12.5. The first-order valence-electron chi connectivity index (χ1n) is 10.5. The average Bonchev–Trinajstić information content (AvgIpc) is 2.75. The molecule has 0 spiro atoms. The van der Waals surface area contributed by atoms with Gasteiger partial charge in [0, 0.05) is 13.3 Å². The number of carbonyl (C=O) groups is 4. The van der Waals surface area contributed by atoms with E-state index in [0.29, 0.717) is 5.56 Å². The molecular formula is C25H31NO7. The number of rotatable bonds is 7. The predicted molar refractivity (Wildman–Crippen MR) is 122 cm³/mol. The molecular weight excluding hydrogens is 426 g/mol. The Balaban J connectivity index is 0.000000779. The van der Waals surface area contributed by atoms with Gasteiger partial charge in [0.15, 0.2) is 0 Å². The number of benzene rings is 2. The lowest BCUT2D eigenvalue weighted by molar-refractivity contribution is -0.161. The Bertz CT molecular complexity index is 893. The fourth-order valence-corrected chi connectivity index (χ4v) is 2.67. The summed E-state index contributed by atoms with van der Waals surface area (Å²) < 4.78 is 5.41. The Morgan fingerprint density at radius 3 is 2.03 bits per heavy atom. The van der Waals surface area contributed by atoms with Crippen molar-refractivity contribution in [2.24, 2.45) is 5.92 Å². The molecule has 0 fully saturated rings. The van der Waals surface area contributed by atoms with E-state index in [1.807, 2.05) is 41.9 Å². The molecule has 0 aliphatic heterocycles. The first kappa shape index (κ1) is 27.4. The van der Waals surface area contributed by atoms with Crippen molar-refractivity contribution in [1.82, 2.24) is 5.48 Å². The number of ether oxygens (including phenoxy) is 1. The summed E-state index contributed by atoms with van der Waals surface area (Å²) in [5, 5.41) is 9.10. The van der Waals surface area contributed by atoms with Gasteiger partial charge in [-0.05, 0) is 51.3 Å². The summed E-state index contributed by atoms with van der Waals surface area (Å²) in [6, 6.07) is 18.3. The third-order valence-corrected chi connectivity index (χ3v) is 4.09. The molecule has 8 heteroatoms. The summed E-state index contributed by atoms with van der Waals surface area (Å²) in [5.74, 6) is -3.40. The van der Waals surface area contributed by atoms with E-state index >= 15 is 0 Å². The number of hydrogen-bond donors (Lipinski definition) is 2. The lowest BCUT2D eigenvalue weighted by atomic mass is 9.93. The van der Waals surface area contributed by atoms with Crippen LogP contribution in [0.3, 0.4) is 0 Å². The minimum Gasteiger partial charge on any atom is -0.478 e. The summed E-state index contributed by atoms with van der Waals surface area (Å²) in [6.07, 6.45) is 0.312. The molecule has 0 saturated heterocycles. The van der Waals surface area contributed by atoms with Crippen LogP contribution in [0.25, 0.3) is 0 Å². The van der Waals surface area contributed by atoms with Crippen molar-refractivity contribution in [3.8, 4) is 0 Å². The van der Waals surface area contributed by atoms with E-state index in [4.69, 9.17) is 9.84 Å². The van der Waals surface area contributed by atoms with Crippen molar-refractivity contribution in [2.75, 3.05) is 0 Å². The van der Waals surface area contributed by atoms with Crippen molar-refractivity contribution in [3.63, 3.8) is 0 Å².